The number of nitrogens with one attached hydrogen (secondary N) is 2. The first-order chi connectivity index (χ1) is 11.0. The lowest BCUT2D eigenvalue weighted by atomic mass is 9.71. The molecule has 4 N–H and O–H groups in total. The molecule has 1 aromatic rings. The van der Waals surface area contributed by atoms with Crippen LogP contribution in [-0.2, 0) is 9.59 Å². The van der Waals surface area contributed by atoms with Crippen molar-refractivity contribution in [2.45, 2.75) is 38.5 Å². The topological polar surface area (TPSA) is 84.2 Å². The number of carbonyl (C=O) groups is 2. The molecule has 23 heavy (non-hydrogen) atoms. The Balaban J connectivity index is 1.77. The summed E-state index contributed by atoms with van der Waals surface area (Å²) in [5.74, 6) is -0.325. The molecule has 1 aromatic carbocycles. The summed E-state index contributed by atoms with van der Waals surface area (Å²) in [4.78, 5) is 24.0. The highest BCUT2D eigenvalue weighted by Crippen LogP contribution is 2.38. The minimum absolute atomic E-state index is 0.0183. The fourth-order valence-electron chi connectivity index (χ4n) is 3.08. The van der Waals surface area contributed by atoms with Crippen LogP contribution in [0.15, 0.2) is 28.7 Å². The Morgan fingerprint density at radius 2 is 1.74 bits per heavy atom. The van der Waals surface area contributed by atoms with E-state index in [1.54, 1.807) is 12.1 Å². The van der Waals surface area contributed by atoms with Crippen LogP contribution in [0.5, 0.6) is 0 Å². The normalized spacial score (nSPS) is 16.6. The van der Waals surface area contributed by atoms with Gasteiger partial charge in [0.2, 0.25) is 11.8 Å². The SMILES string of the molecule is NCC1(CC(=O)NCC(=O)Nc2ccc(Br)cc2)CCCCC1. The molecule has 2 amide bonds. The molecule has 1 saturated carbocycles. The van der Waals surface area contributed by atoms with Crippen molar-refractivity contribution < 1.29 is 9.59 Å². The van der Waals surface area contributed by atoms with Gasteiger partial charge >= 0.3 is 0 Å². The molecule has 0 bridgehead atoms. The highest BCUT2D eigenvalue weighted by molar-refractivity contribution is 9.10. The van der Waals surface area contributed by atoms with Gasteiger partial charge in [-0.3, -0.25) is 9.59 Å². The predicted molar refractivity (Wildman–Crippen MR) is 95.0 cm³/mol. The van der Waals surface area contributed by atoms with Gasteiger partial charge in [-0.05, 0) is 49.1 Å². The molecule has 0 heterocycles. The Kier molecular flexibility index (Phi) is 6.59. The van der Waals surface area contributed by atoms with Crippen molar-refractivity contribution in [3.63, 3.8) is 0 Å². The average Bonchev–Trinajstić information content (AvgIpc) is 2.56. The Bertz CT molecular complexity index is 539. The number of hydrogen-bond acceptors (Lipinski definition) is 3. The summed E-state index contributed by atoms with van der Waals surface area (Å²) in [6, 6.07) is 7.30. The molecule has 0 saturated heterocycles. The largest absolute Gasteiger partial charge is 0.347 e. The molecule has 0 aliphatic heterocycles. The predicted octanol–water partition coefficient (Wildman–Crippen LogP) is 2.80. The van der Waals surface area contributed by atoms with E-state index < -0.39 is 0 Å². The van der Waals surface area contributed by atoms with Crippen LogP contribution < -0.4 is 16.4 Å². The van der Waals surface area contributed by atoms with Gasteiger partial charge in [-0.25, -0.2) is 0 Å². The van der Waals surface area contributed by atoms with Gasteiger partial charge in [0.05, 0.1) is 6.54 Å². The van der Waals surface area contributed by atoms with Crippen LogP contribution in [0, 0.1) is 5.41 Å². The van der Waals surface area contributed by atoms with Crippen LogP contribution in [0.25, 0.3) is 0 Å². The number of halogens is 1. The van der Waals surface area contributed by atoms with E-state index in [1.807, 2.05) is 12.1 Å². The van der Waals surface area contributed by atoms with Crippen molar-refractivity contribution in [1.82, 2.24) is 5.32 Å². The summed E-state index contributed by atoms with van der Waals surface area (Å²) in [7, 11) is 0. The molecule has 0 unspecified atom stereocenters. The Hall–Kier alpha value is -1.40. The number of amides is 2. The van der Waals surface area contributed by atoms with E-state index in [0.29, 0.717) is 18.7 Å². The maximum atomic E-state index is 12.1. The number of carbonyl (C=O) groups excluding carboxylic acids is 2. The molecule has 0 spiro atoms. The lowest BCUT2D eigenvalue weighted by Gasteiger charge is -2.35. The van der Waals surface area contributed by atoms with E-state index in [0.717, 1.165) is 30.2 Å². The van der Waals surface area contributed by atoms with Gasteiger partial charge in [-0.15, -0.1) is 0 Å². The van der Waals surface area contributed by atoms with Crippen LogP contribution >= 0.6 is 15.9 Å². The van der Waals surface area contributed by atoms with E-state index in [9.17, 15) is 9.59 Å². The van der Waals surface area contributed by atoms with Crippen LogP contribution in [0.4, 0.5) is 5.69 Å². The van der Waals surface area contributed by atoms with Gasteiger partial charge in [0.1, 0.15) is 0 Å². The van der Waals surface area contributed by atoms with E-state index in [4.69, 9.17) is 5.73 Å². The minimum Gasteiger partial charge on any atom is -0.347 e. The second-order valence-corrected chi connectivity index (χ2v) is 7.19. The third-order valence-electron chi connectivity index (χ3n) is 4.46. The first-order valence-corrected chi connectivity index (χ1v) is 8.84. The van der Waals surface area contributed by atoms with Crippen molar-refractivity contribution in [3.05, 3.63) is 28.7 Å². The minimum atomic E-state index is -0.230. The van der Waals surface area contributed by atoms with Crippen LogP contribution in [-0.4, -0.2) is 24.9 Å². The molecular formula is C17H24BrN3O2. The molecule has 5 nitrogen and oxygen atoms in total. The molecule has 0 aromatic heterocycles. The summed E-state index contributed by atoms with van der Waals surface area (Å²) in [5.41, 5.74) is 6.52. The number of rotatable bonds is 6. The number of hydrogen-bond donors (Lipinski definition) is 3. The molecule has 0 atom stereocenters. The van der Waals surface area contributed by atoms with Gasteiger partial charge in [0.25, 0.3) is 0 Å². The lowest BCUT2D eigenvalue weighted by molar-refractivity contribution is -0.126. The van der Waals surface area contributed by atoms with E-state index >= 15 is 0 Å². The first kappa shape index (κ1) is 17.9. The van der Waals surface area contributed by atoms with Gasteiger partial charge < -0.3 is 16.4 Å². The molecule has 1 aliphatic carbocycles. The zero-order valence-electron chi connectivity index (χ0n) is 13.2. The highest BCUT2D eigenvalue weighted by atomic mass is 79.9. The zero-order chi connectivity index (χ0) is 16.7. The molecule has 6 heteroatoms. The Morgan fingerprint density at radius 1 is 1.09 bits per heavy atom. The molecule has 1 fully saturated rings. The fraction of sp³-hybridized carbons (Fsp3) is 0.529. The van der Waals surface area contributed by atoms with E-state index in [2.05, 4.69) is 26.6 Å². The van der Waals surface area contributed by atoms with Crippen molar-refractivity contribution in [2.24, 2.45) is 11.1 Å². The maximum Gasteiger partial charge on any atom is 0.243 e. The van der Waals surface area contributed by atoms with Crippen LogP contribution in [0.1, 0.15) is 38.5 Å². The van der Waals surface area contributed by atoms with Gasteiger partial charge in [0.15, 0.2) is 0 Å². The smallest absolute Gasteiger partial charge is 0.243 e. The Labute approximate surface area is 145 Å². The van der Waals surface area contributed by atoms with Gasteiger partial charge in [0, 0.05) is 16.6 Å². The average molecular weight is 382 g/mol. The summed E-state index contributed by atoms with van der Waals surface area (Å²) in [5, 5.41) is 5.46. The molecule has 1 aliphatic rings. The van der Waals surface area contributed by atoms with Gasteiger partial charge in [-0.1, -0.05) is 35.2 Å². The summed E-state index contributed by atoms with van der Waals surface area (Å²) in [6.45, 7) is 0.515. The number of benzene rings is 1. The molecular weight excluding hydrogens is 358 g/mol. The fourth-order valence-corrected chi connectivity index (χ4v) is 3.34. The lowest BCUT2D eigenvalue weighted by Crippen LogP contribution is -2.40. The monoisotopic (exact) mass is 381 g/mol. The van der Waals surface area contributed by atoms with E-state index in [-0.39, 0.29) is 23.8 Å². The summed E-state index contributed by atoms with van der Waals surface area (Å²) >= 11 is 3.34. The van der Waals surface area contributed by atoms with E-state index in [1.165, 1.54) is 6.42 Å². The van der Waals surface area contributed by atoms with Crippen LogP contribution in [0.3, 0.4) is 0 Å². The third-order valence-corrected chi connectivity index (χ3v) is 4.99. The molecule has 0 radical (unpaired) electrons. The van der Waals surface area contributed by atoms with Crippen molar-refractivity contribution >= 4 is 33.4 Å². The zero-order valence-corrected chi connectivity index (χ0v) is 14.8. The third kappa shape index (κ3) is 5.62. The summed E-state index contributed by atoms with van der Waals surface area (Å²) in [6.07, 6.45) is 5.90. The van der Waals surface area contributed by atoms with Crippen molar-refractivity contribution in [2.75, 3.05) is 18.4 Å². The summed E-state index contributed by atoms with van der Waals surface area (Å²) < 4.78 is 0.948. The standard InChI is InChI=1S/C17H24BrN3O2/c18-13-4-6-14(7-5-13)21-16(23)11-20-15(22)10-17(12-19)8-2-1-3-9-17/h4-7H,1-3,8-12,19H2,(H,20,22)(H,21,23). The first-order valence-electron chi connectivity index (χ1n) is 8.05. The number of nitrogens with two attached hydrogens (primary N) is 1. The second-order valence-electron chi connectivity index (χ2n) is 6.27. The maximum absolute atomic E-state index is 12.1. The van der Waals surface area contributed by atoms with Gasteiger partial charge in [-0.2, -0.15) is 0 Å². The Morgan fingerprint density at radius 3 is 2.35 bits per heavy atom. The quantitative estimate of drug-likeness (QED) is 0.708. The van der Waals surface area contributed by atoms with Crippen LogP contribution in [0.2, 0.25) is 0 Å². The highest BCUT2D eigenvalue weighted by Gasteiger charge is 2.32. The molecule has 126 valence electrons. The van der Waals surface area contributed by atoms with Crippen molar-refractivity contribution in [3.8, 4) is 0 Å². The second kappa shape index (κ2) is 8.45. The number of anilines is 1. The van der Waals surface area contributed by atoms with Crippen molar-refractivity contribution in [1.29, 1.82) is 0 Å². The molecule has 2 rings (SSSR count).